The molecule has 0 bridgehead atoms. The van der Waals surface area contributed by atoms with Crippen LogP contribution in [-0.4, -0.2) is 38.1 Å². The lowest BCUT2D eigenvalue weighted by atomic mass is 9.79. The van der Waals surface area contributed by atoms with Crippen LogP contribution in [0.3, 0.4) is 0 Å². The van der Waals surface area contributed by atoms with Gasteiger partial charge in [0, 0.05) is 23.1 Å². The zero-order valence-corrected chi connectivity index (χ0v) is 12.2. The average Bonchev–Trinajstić information content (AvgIpc) is 2.70. The monoisotopic (exact) mass is 333 g/mol. The predicted octanol–water partition coefficient (Wildman–Crippen LogP) is 1.40. The highest BCUT2D eigenvalue weighted by atomic mass is 79.9. The smallest absolute Gasteiger partial charge is 0.128 e. The molecular weight excluding hydrogens is 317 g/mol. The van der Waals surface area contributed by atoms with E-state index < -0.39 is 17.3 Å². The van der Waals surface area contributed by atoms with Crippen LogP contribution >= 0.6 is 15.9 Å². The summed E-state index contributed by atoms with van der Waals surface area (Å²) in [7, 11) is 1.55. The fourth-order valence-electron chi connectivity index (χ4n) is 2.54. The van der Waals surface area contributed by atoms with Crippen molar-refractivity contribution in [3.05, 3.63) is 34.1 Å². The molecule has 0 saturated carbocycles. The lowest BCUT2D eigenvalue weighted by Gasteiger charge is -2.31. The third-order valence-electron chi connectivity index (χ3n) is 3.60. The number of rotatable bonds is 4. The van der Waals surface area contributed by atoms with Crippen molar-refractivity contribution in [2.45, 2.75) is 11.6 Å². The summed E-state index contributed by atoms with van der Waals surface area (Å²) in [6.07, 6.45) is -0.335. The molecule has 1 aliphatic rings. The van der Waals surface area contributed by atoms with Gasteiger partial charge in [-0.25, -0.2) is 4.39 Å². The van der Waals surface area contributed by atoms with E-state index >= 15 is 0 Å². The first-order valence-electron chi connectivity index (χ1n) is 5.98. The highest BCUT2D eigenvalue weighted by Gasteiger charge is 2.49. The number of methoxy groups -OCH3 is 1. The first-order valence-corrected chi connectivity index (χ1v) is 6.78. The summed E-state index contributed by atoms with van der Waals surface area (Å²) in [5.41, 5.74) is 5.62. The highest BCUT2D eigenvalue weighted by molar-refractivity contribution is 9.10. The van der Waals surface area contributed by atoms with Gasteiger partial charge < -0.3 is 20.3 Å². The maximum absolute atomic E-state index is 14.0. The van der Waals surface area contributed by atoms with Crippen molar-refractivity contribution in [3.8, 4) is 0 Å². The van der Waals surface area contributed by atoms with E-state index in [4.69, 9.17) is 15.2 Å². The number of aliphatic hydroxyl groups excluding tert-OH is 1. The summed E-state index contributed by atoms with van der Waals surface area (Å²) in [6, 6.07) is 4.60. The Bertz CT molecular complexity index is 460. The lowest BCUT2D eigenvalue weighted by molar-refractivity contribution is 0.00958. The van der Waals surface area contributed by atoms with Crippen molar-refractivity contribution >= 4 is 15.9 Å². The van der Waals surface area contributed by atoms with Gasteiger partial charge in [0.15, 0.2) is 0 Å². The Balaban J connectivity index is 2.38. The third kappa shape index (κ3) is 2.68. The van der Waals surface area contributed by atoms with Gasteiger partial charge in [0.25, 0.3) is 0 Å². The standard InChI is InChI=1S/C13H17BrFNO3/c1-18-6-12-10(5-17)13(16,7-19-12)9-4-8(14)2-3-11(9)15/h2-4,10,12,17H,5-7,16H2,1H3/t10-,12-,13-/m1/s1. The minimum atomic E-state index is -1.05. The summed E-state index contributed by atoms with van der Waals surface area (Å²) in [6.45, 7) is 0.288. The first kappa shape index (κ1) is 14.9. The molecule has 3 atom stereocenters. The Morgan fingerprint density at radius 3 is 3.00 bits per heavy atom. The molecule has 4 nitrogen and oxygen atoms in total. The Labute approximate surface area is 119 Å². The number of ether oxygens (including phenoxy) is 2. The molecule has 1 saturated heterocycles. The average molecular weight is 334 g/mol. The van der Waals surface area contributed by atoms with Crippen molar-refractivity contribution in [2.75, 3.05) is 26.9 Å². The van der Waals surface area contributed by atoms with Gasteiger partial charge >= 0.3 is 0 Å². The van der Waals surface area contributed by atoms with E-state index in [9.17, 15) is 9.50 Å². The summed E-state index contributed by atoms with van der Waals surface area (Å²) in [4.78, 5) is 0. The second-order valence-electron chi connectivity index (χ2n) is 4.76. The molecule has 0 aromatic heterocycles. The van der Waals surface area contributed by atoms with E-state index in [1.807, 2.05) is 0 Å². The van der Waals surface area contributed by atoms with E-state index in [2.05, 4.69) is 15.9 Å². The summed E-state index contributed by atoms with van der Waals surface area (Å²) < 4.78 is 25.4. The Kier molecular flexibility index (Phi) is 4.58. The fourth-order valence-corrected chi connectivity index (χ4v) is 2.90. The largest absolute Gasteiger partial charge is 0.396 e. The summed E-state index contributed by atoms with van der Waals surface area (Å²) in [5.74, 6) is -0.804. The molecule has 1 aliphatic heterocycles. The SMILES string of the molecule is COC[C@H]1OC[C@@](N)(c2cc(Br)ccc2F)[C@@H]1CO. The van der Waals surface area contributed by atoms with Crippen LogP contribution in [0.25, 0.3) is 0 Å². The van der Waals surface area contributed by atoms with Crippen LogP contribution in [0, 0.1) is 11.7 Å². The van der Waals surface area contributed by atoms with E-state index in [-0.39, 0.29) is 19.3 Å². The molecule has 0 aliphatic carbocycles. The van der Waals surface area contributed by atoms with Gasteiger partial charge in [0.05, 0.1) is 31.5 Å². The van der Waals surface area contributed by atoms with Crippen molar-refractivity contribution < 1.29 is 19.0 Å². The van der Waals surface area contributed by atoms with Gasteiger partial charge in [0.1, 0.15) is 5.82 Å². The van der Waals surface area contributed by atoms with Crippen LogP contribution in [0.15, 0.2) is 22.7 Å². The van der Waals surface area contributed by atoms with E-state index in [0.717, 1.165) is 4.47 Å². The lowest BCUT2D eigenvalue weighted by Crippen LogP contribution is -2.48. The maximum atomic E-state index is 14.0. The molecule has 0 spiro atoms. The van der Waals surface area contributed by atoms with Crippen molar-refractivity contribution in [1.29, 1.82) is 0 Å². The molecule has 0 unspecified atom stereocenters. The quantitative estimate of drug-likeness (QED) is 0.874. The molecule has 106 valence electrons. The second kappa shape index (κ2) is 5.85. The van der Waals surface area contributed by atoms with Gasteiger partial charge in [-0.05, 0) is 18.2 Å². The van der Waals surface area contributed by atoms with Crippen molar-refractivity contribution in [3.63, 3.8) is 0 Å². The maximum Gasteiger partial charge on any atom is 0.128 e. The molecule has 1 aromatic rings. The van der Waals surface area contributed by atoms with Crippen molar-refractivity contribution in [2.24, 2.45) is 11.7 Å². The second-order valence-corrected chi connectivity index (χ2v) is 5.67. The molecule has 3 N–H and O–H groups in total. The van der Waals surface area contributed by atoms with E-state index in [1.54, 1.807) is 19.2 Å². The normalized spacial score (nSPS) is 30.8. The zero-order valence-electron chi connectivity index (χ0n) is 10.6. The Hall–Kier alpha value is -0.530. The molecule has 6 heteroatoms. The van der Waals surface area contributed by atoms with Gasteiger partial charge in [0.2, 0.25) is 0 Å². The molecule has 1 aromatic carbocycles. The zero-order chi connectivity index (χ0) is 14.0. The fraction of sp³-hybridized carbons (Fsp3) is 0.538. The molecule has 0 radical (unpaired) electrons. The number of hydrogen-bond acceptors (Lipinski definition) is 4. The van der Waals surface area contributed by atoms with E-state index in [1.165, 1.54) is 6.07 Å². The number of hydrogen-bond donors (Lipinski definition) is 2. The number of nitrogens with two attached hydrogens (primary N) is 1. The summed E-state index contributed by atoms with van der Waals surface area (Å²) in [5, 5.41) is 9.57. The van der Waals surface area contributed by atoms with E-state index in [0.29, 0.717) is 12.2 Å². The third-order valence-corrected chi connectivity index (χ3v) is 4.10. The van der Waals surface area contributed by atoms with Gasteiger partial charge in [-0.15, -0.1) is 0 Å². The van der Waals surface area contributed by atoms with Crippen LogP contribution < -0.4 is 5.73 Å². The van der Waals surface area contributed by atoms with Crippen LogP contribution in [0.5, 0.6) is 0 Å². The molecule has 1 heterocycles. The molecule has 2 rings (SSSR count). The topological polar surface area (TPSA) is 64.7 Å². The van der Waals surface area contributed by atoms with Gasteiger partial charge in [-0.1, -0.05) is 15.9 Å². The Morgan fingerprint density at radius 2 is 2.37 bits per heavy atom. The Morgan fingerprint density at radius 1 is 1.63 bits per heavy atom. The molecule has 19 heavy (non-hydrogen) atoms. The predicted molar refractivity (Wildman–Crippen MR) is 72.2 cm³/mol. The van der Waals surface area contributed by atoms with Crippen molar-refractivity contribution in [1.82, 2.24) is 0 Å². The van der Waals surface area contributed by atoms with Gasteiger partial charge in [-0.2, -0.15) is 0 Å². The number of benzene rings is 1. The number of aliphatic hydroxyl groups is 1. The van der Waals surface area contributed by atoms with Crippen LogP contribution in [0.4, 0.5) is 4.39 Å². The molecule has 1 fully saturated rings. The molecular formula is C13H17BrFNO3. The van der Waals surface area contributed by atoms with Gasteiger partial charge in [-0.3, -0.25) is 0 Å². The minimum Gasteiger partial charge on any atom is -0.396 e. The summed E-state index contributed by atoms with van der Waals surface area (Å²) >= 11 is 3.31. The molecule has 0 amide bonds. The van der Waals surface area contributed by atoms with Crippen LogP contribution in [-0.2, 0) is 15.0 Å². The minimum absolute atomic E-state index is 0.152. The first-order chi connectivity index (χ1) is 9.02. The van der Waals surface area contributed by atoms with Crippen LogP contribution in [0.1, 0.15) is 5.56 Å². The number of halogens is 2. The highest BCUT2D eigenvalue weighted by Crippen LogP contribution is 2.39. The van der Waals surface area contributed by atoms with Crippen LogP contribution in [0.2, 0.25) is 0 Å².